The molecule has 0 saturated heterocycles. The summed E-state index contributed by atoms with van der Waals surface area (Å²) in [5.74, 6) is 0.807. The summed E-state index contributed by atoms with van der Waals surface area (Å²) in [5.41, 5.74) is 2.00. The van der Waals surface area contributed by atoms with E-state index in [0.717, 1.165) is 36.4 Å². The lowest BCUT2D eigenvalue weighted by atomic mass is 10.1. The van der Waals surface area contributed by atoms with Gasteiger partial charge in [0.2, 0.25) is 0 Å². The number of nitrogens with zero attached hydrogens (tertiary/aromatic N) is 2. The summed E-state index contributed by atoms with van der Waals surface area (Å²) in [6.07, 6.45) is 5.08. The molecule has 0 spiro atoms. The van der Waals surface area contributed by atoms with E-state index in [1.54, 1.807) is 0 Å². The van der Waals surface area contributed by atoms with Crippen molar-refractivity contribution in [2.24, 2.45) is 0 Å². The molecule has 0 aliphatic carbocycles. The zero-order chi connectivity index (χ0) is 14.4. The van der Waals surface area contributed by atoms with Crippen molar-refractivity contribution in [1.29, 1.82) is 0 Å². The molecule has 0 fully saturated rings. The molecule has 0 saturated carbocycles. The van der Waals surface area contributed by atoms with Gasteiger partial charge >= 0.3 is 0 Å². The highest BCUT2D eigenvalue weighted by Crippen LogP contribution is 2.20. The molecule has 1 N–H and O–H groups in total. The van der Waals surface area contributed by atoms with Crippen LogP contribution in [0.25, 0.3) is 0 Å². The van der Waals surface area contributed by atoms with E-state index in [2.05, 4.69) is 16.5 Å². The van der Waals surface area contributed by atoms with E-state index >= 15 is 0 Å². The molecule has 0 radical (unpaired) electrons. The van der Waals surface area contributed by atoms with Crippen molar-refractivity contribution in [3.63, 3.8) is 0 Å². The zero-order valence-electron chi connectivity index (χ0n) is 12.1. The molecule has 0 amide bonds. The fraction of sp³-hybridized carbons (Fsp3) is 0.438. The third-order valence-electron chi connectivity index (χ3n) is 3.30. The normalized spacial score (nSPS) is 12.3. The Morgan fingerprint density at radius 2 is 2.00 bits per heavy atom. The number of aliphatic hydroxyl groups excluding tert-OH is 1. The van der Waals surface area contributed by atoms with Gasteiger partial charge in [0.05, 0.1) is 24.3 Å². The fourth-order valence-corrected chi connectivity index (χ4v) is 2.09. The van der Waals surface area contributed by atoms with Crippen molar-refractivity contribution in [2.45, 2.75) is 45.9 Å². The molecule has 1 heterocycles. The van der Waals surface area contributed by atoms with Gasteiger partial charge in [-0.15, -0.1) is 0 Å². The fourth-order valence-electron chi connectivity index (χ4n) is 2.09. The van der Waals surface area contributed by atoms with Gasteiger partial charge in [-0.2, -0.15) is 0 Å². The summed E-state index contributed by atoms with van der Waals surface area (Å²) < 4.78 is 7.87. The van der Waals surface area contributed by atoms with Gasteiger partial charge in [0, 0.05) is 6.54 Å². The Morgan fingerprint density at radius 3 is 2.65 bits per heavy atom. The SMILES string of the molecule is CCCn1cncc1COc1ccc([C@@H](O)CC)cc1. The van der Waals surface area contributed by atoms with E-state index in [1.807, 2.05) is 43.7 Å². The Bertz CT molecular complexity index is 520. The smallest absolute Gasteiger partial charge is 0.130 e. The van der Waals surface area contributed by atoms with E-state index in [9.17, 15) is 5.11 Å². The standard InChI is InChI=1S/C16H22N2O2/c1-3-9-18-12-17-10-14(18)11-20-15-7-5-13(6-8-15)16(19)4-2/h5-8,10,12,16,19H,3-4,9,11H2,1-2H3/t16-/m0/s1. The molecule has 4 heteroatoms. The molecule has 1 atom stereocenters. The van der Waals surface area contributed by atoms with Crippen LogP contribution < -0.4 is 4.74 Å². The number of hydrogen-bond donors (Lipinski definition) is 1. The number of aliphatic hydroxyl groups is 1. The number of hydrogen-bond acceptors (Lipinski definition) is 3. The van der Waals surface area contributed by atoms with Crippen LogP contribution in [0.2, 0.25) is 0 Å². The van der Waals surface area contributed by atoms with E-state index in [-0.39, 0.29) is 0 Å². The Labute approximate surface area is 120 Å². The molecule has 2 rings (SSSR count). The number of ether oxygens (including phenoxy) is 1. The lowest BCUT2D eigenvalue weighted by molar-refractivity contribution is 0.173. The van der Waals surface area contributed by atoms with Crippen molar-refractivity contribution in [3.05, 3.63) is 48.0 Å². The molecule has 108 valence electrons. The molecule has 2 aromatic rings. The van der Waals surface area contributed by atoms with Gasteiger partial charge in [0.25, 0.3) is 0 Å². The third-order valence-corrected chi connectivity index (χ3v) is 3.30. The van der Waals surface area contributed by atoms with Gasteiger partial charge in [-0.3, -0.25) is 0 Å². The minimum atomic E-state index is -0.393. The van der Waals surface area contributed by atoms with Crippen molar-refractivity contribution in [3.8, 4) is 5.75 Å². The van der Waals surface area contributed by atoms with Crippen LogP contribution in [-0.4, -0.2) is 14.7 Å². The van der Waals surface area contributed by atoms with Crippen LogP contribution in [0.15, 0.2) is 36.8 Å². The Kier molecular flexibility index (Phi) is 5.18. The maximum atomic E-state index is 9.74. The summed E-state index contributed by atoms with van der Waals surface area (Å²) in [6.45, 7) is 5.57. The average Bonchev–Trinajstić information content (AvgIpc) is 2.92. The molecule has 1 aromatic carbocycles. The largest absolute Gasteiger partial charge is 0.487 e. The molecule has 20 heavy (non-hydrogen) atoms. The Hall–Kier alpha value is -1.81. The van der Waals surface area contributed by atoms with Gasteiger partial charge in [0.15, 0.2) is 0 Å². The molecule has 4 nitrogen and oxygen atoms in total. The van der Waals surface area contributed by atoms with Crippen molar-refractivity contribution in [2.75, 3.05) is 0 Å². The van der Waals surface area contributed by atoms with Crippen LogP contribution >= 0.6 is 0 Å². The monoisotopic (exact) mass is 274 g/mol. The summed E-state index contributed by atoms with van der Waals surface area (Å²) in [7, 11) is 0. The van der Waals surface area contributed by atoms with Gasteiger partial charge in [-0.1, -0.05) is 26.0 Å². The first-order chi connectivity index (χ1) is 9.74. The van der Waals surface area contributed by atoms with Crippen molar-refractivity contribution >= 4 is 0 Å². The second-order valence-electron chi connectivity index (χ2n) is 4.86. The molecule has 0 aliphatic rings. The molecular formula is C16H22N2O2. The van der Waals surface area contributed by atoms with E-state index in [1.165, 1.54) is 0 Å². The quantitative estimate of drug-likeness (QED) is 0.842. The number of benzene rings is 1. The van der Waals surface area contributed by atoms with Crippen molar-refractivity contribution in [1.82, 2.24) is 9.55 Å². The minimum absolute atomic E-state index is 0.393. The zero-order valence-corrected chi connectivity index (χ0v) is 12.1. The number of aryl methyl sites for hydroxylation is 1. The second-order valence-corrected chi connectivity index (χ2v) is 4.86. The van der Waals surface area contributed by atoms with E-state index in [0.29, 0.717) is 6.61 Å². The van der Waals surface area contributed by atoms with Gasteiger partial charge in [0.1, 0.15) is 12.4 Å². The summed E-state index contributed by atoms with van der Waals surface area (Å²) in [6, 6.07) is 7.61. The molecular weight excluding hydrogens is 252 g/mol. The summed E-state index contributed by atoms with van der Waals surface area (Å²) in [4.78, 5) is 4.15. The lowest BCUT2D eigenvalue weighted by Crippen LogP contribution is -2.05. The highest BCUT2D eigenvalue weighted by Gasteiger charge is 2.05. The van der Waals surface area contributed by atoms with Crippen molar-refractivity contribution < 1.29 is 9.84 Å². The van der Waals surface area contributed by atoms with Crippen LogP contribution in [0.5, 0.6) is 5.75 Å². The third kappa shape index (κ3) is 3.61. The average molecular weight is 274 g/mol. The van der Waals surface area contributed by atoms with Gasteiger partial charge in [-0.05, 0) is 30.5 Å². The summed E-state index contributed by atoms with van der Waals surface area (Å²) in [5, 5.41) is 9.74. The van der Waals surface area contributed by atoms with Crippen LogP contribution in [0.4, 0.5) is 0 Å². The van der Waals surface area contributed by atoms with Crippen LogP contribution in [-0.2, 0) is 13.2 Å². The Balaban J connectivity index is 1.95. The second kappa shape index (κ2) is 7.10. The summed E-state index contributed by atoms with van der Waals surface area (Å²) >= 11 is 0. The first-order valence-corrected chi connectivity index (χ1v) is 7.14. The van der Waals surface area contributed by atoms with Crippen LogP contribution in [0.1, 0.15) is 44.1 Å². The van der Waals surface area contributed by atoms with E-state index in [4.69, 9.17) is 4.74 Å². The first-order valence-electron chi connectivity index (χ1n) is 7.14. The topological polar surface area (TPSA) is 47.3 Å². The minimum Gasteiger partial charge on any atom is -0.487 e. The van der Waals surface area contributed by atoms with Crippen LogP contribution in [0.3, 0.4) is 0 Å². The maximum Gasteiger partial charge on any atom is 0.130 e. The first kappa shape index (κ1) is 14.6. The number of aromatic nitrogens is 2. The van der Waals surface area contributed by atoms with Crippen LogP contribution in [0, 0.1) is 0 Å². The van der Waals surface area contributed by atoms with E-state index < -0.39 is 6.10 Å². The predicted molar refractivity (Wildman–Crippen MR) is 78.5 cm³/mol. The van der Waals surface area contributed by atoms with Gasteiger partial charge < -0.3 is 14.4 Å². The molecule has 0 bridgehead atoms. The Morgan fingerprint density at radius 1 is 1.25 bits per heavy atom. The molecule has 1 aromatic heterocycles. The molecule has 0 unspecified atom stereocenters. The number of imidazole rings is 1. The maximum absolute atomic E-state index is 9.74. The number of rotatable bonds is 7. The van der Waals surface area contributed by atoms with Gasteiger partial charge in [-0.25, -0.2) is 4.98 Å². The predicted octanol–water partition coefficient (Wildman–Crippen LogP) is 3.32. The lowest BCUT2D eigenvalue weighted by Gasteiger charge is -2.11. The highest BCUT2D eigenvalue weighted by atomic mass is 16.5. The highest BCUT2D eigenvalue weighted by molar-refractivity contribution is 5.28. The molecule has 0 aliphatic heterocycles.